The summed E-state index contributed by atoms with van der Waals surface area (Å²) in [6, 6.07) is 22.5. The number of carbonyl (C=O) groups is 1. The number of aromatic nitrogens is 1. The summed E-state index contributed by atoms with van der Waals surface area (Å²) in [4.78, 5) is 16.6. The number of amides is 1. The van der Waals surface area contributed by atoms with E-state index in [4.69, 9.17) is 21.4 Å². The summed E-state index contributed by atoms with van der Waals surface area (Å²) in [5.74, 6) is 0.794. The van der Waals surface area contributed by atoms with E-state index in [1.165, 1.54) is 0 Å². The number of nitrogens with one attached hydrogen (secondary N) is 2. The molecule has 2 N–H and O–H groups in total. The Morgan fingerprint density at radius 1 is 1.07 bits per heavy atom. The van der Waals surface area contributed by atoms with Crippen LogP contribution in [0.5, 0.6) is 5.75 Å². The zero-order valence-electron chi connectivity index (χ0n) is 16.2. The Morgan fingerprint density at radius 2 is 1.83 bits per heavy atom. The Morgan fingerprint density at radius 3 is 2.63 bits per heavy atom. The third-order valence-corrected chi connectivity index (χ3v) is 4.60. The van der Waals surface area contributed by atoms with E-state index in [9.17, 15) is 4.79 Å². The van der Waals surface area contributed by atoms with E-state index in [-0.39, 0.29) is 17.6 Å². The van der Waals surface area contributed by atoms with Crippen LogP contribution in [-0.2, 0) is 4.79 Å². The predicted octanol–water partition coefficient (Wildman–Crippen LogP) is 4.70. The first-order valence-corrected chi connectivity index (χ1v) is 9.74. The number of benzene rings is 3. The van der Waals surface area contributed by atoms with Crippen LogP contribution in [0.15, 0.2) is 77.2 Å². The summed E-state index contributed by atoms with van der Waals surface area (Å²) in [5, 5.41) is 5.87. The number of thiocarbonyl (C=S) groups is 1. The van der Waals surface area contributed by atoms with Gasteiger partial charge in [0.25, 0.3) is 5.91 Å². The summed E-state index contributed by atoms with van der Waals surface area (Å²) < 4.78 is 11.3. The summed E-state index contributed by atoms with van der Waals surface area (Å²) >= 11 is 5.28. The van der Waals surface area contributed by atoms with Crippen LogP contribution in [-0.4, -0.2) is 22.6 Å². The topological polar surface area (TPSA) is 76.4 Å². The van der Waals surface area contributed by atoms with Crippen molar-refractivity contribution in [1.29, 1.82) is 0 Å². The first-order valence-electron chi connectivity index (χ1n) is 9.34. The summed E-state index contributed by atoms with van der Waals surface area (Å²) in [6.07, 6.45) is 0. The quantitative estimate of drug-likeness (QED) is 0.459. The van der Waals surface area contributed by atoms with Crippen LogP contribution >= 0.6 is 12.2 Å². The van der Waals surface area contributed by atoms with Crippen molar-refractivity contribution in [3.05, 3.63) is 78.4 Å². The predicted molar refractivity (Wildman–Crippen MR) is 120 cm³/mol. The van der Waals surface area contributed by atoms with E-state index in [0.717, 1.165) is 27.9 Å². The zero-order valence-corrected chi connectivity index (χ0v) is 17.0. The number of para-hydroxylation sites is 3. The van der Waals surface area contributed by atoms with Crippen molar-refractivity contribution >= 4 is 40.0 Å². The second-order valence-corrected chi connectivity index (χ2v) is 7.03. The first-order chi connectivity index (χ1) is 14.6. The molecule has 0 atom stereocenters. The molecule has 0 saturated carbocycles. The van der Waals surface area contributed by atoms with Gasteiger partial charge in [-0.3, -0.25) is 10.1 Å². The molecule has 7 heteroatoms. The van der Waals surface area contributed by atoms with E-state index in [2.05, 4.69) is 15.6 Å². The average Bonchev–Trinajstić information content (AvgIpc) is 3.19. The number of nitrogens with zero attached hydrogens (tertiary/aromatic N) is 1. The highest BCUT2D eigenvalue weighted by Crippen LogP contribution is 2.27. The largest absolute Gasteiger partial charge is 0.484 e. The lowest BCUT2D eigenvalue weighted by Gasteiger charge is -2.13. The highest BCUT2D eigenvalue weighted by atomic mass is 32.1. The van der Waals surface area contributed by atoms with Crippen LogP contribution in [0, 0.1) is 6.92 Å². The van der Waals surface area contributed by atoms with Crippen molar-refractivity contribution in [3.63, 3.8) is 0 Å². The highest BCUT2D eigenvalue weighted by Gasteiger charge is 2.12. The lowest BCUT2D eigenvalue weighted by molar-refractivity contribution is -0.121. The van der Waals surface area contributed by atoms with E-state index >= 15 is 0 Å². The van der Waals surface area contributed by atoms with Crippen LogP contribution in [0.25, 0.3) is 22.6 Å². The van der Waals surface area contributed by atoms with Gasteiger partial charge >= 0.3 is 0 Å². The normalized spacial score (nSPS) is 10.6. The van der Waals surface area contributed by atoms with Gasteiger partial charge in [-0.1, -0.05) is 36.4 Å². The van der Waals surface area contributed by atoms with Gasteiger partial charge in [-0.25, -0.2) is 4.98 Å². The molecule has 4 rings (SSSR count). The molecule has 0 radical (unpaired) electrons. The van der Waals surface area contributed by atoms with Crippen molar-refractivity contribution in [3.8, 4) is 17.2 Å². The van der Waals surface area contributed by atoms with Gasteiger partial charge in [-0.2, -0.15) is 0 Å². The fraction of sp³-hybridized carbons (Fsp3) is 0.0870. The highest BCUT2D eigenvalue weighted by molar-refractivity contribution is 7.80. The zero-order chi connectivity index (χ0) is 20.9. The van der Waals surface area contributed by atoms with Crippen molar-refractivity contribution in [2.75, 3.05) is 11.9 Å². The van der Waals surface area contributed by atoms with Gasteiger partial charge in [0.2, 0.25) is 5.89 Å². The summed E-state index contributed by atoms with van der Waals surface area (Å²) in [5.41, 5.74) is 4.05. The molecule has 30 heavy (non-hydrogen) atoms. The van der Waals surface area contributed by atoms with E-state index in [1.54, 1.807) is 12.1 Å². The Hall–Kier alpha value is -3.71. The van der Waals surface area contributed by atoms with E-state index in [0.29, 0.717) is 11.6 Å². The molecule has 0 aliphatic rings. The molecule has 6 nitrogen and oxygen atoms in total. The smallest absolute Gasteiger partial charge is 0.264 e. The third kappa shape index (κ3) is 4.64. The molecule has 1 heterocycles. The molecule has 0 bridgehead atoms. The molecule has 0 aliphatic carbocycles. The Bertz CT molecular complexity index is 1170. The lowest BCUT2D eigenvalue weighted by Crippen LogP contribution is -2.37. The standard InChI is InChI=1S/C23H19N3O3S/c1-15-11-12-16(22-24-18-9-5-6-10-20(18)29-22)13-19(15)25-23(30)26-21(27)14-28-17-7-3-2-4-8-17/h2-13H,14H2,1H3,(H2,25,26,27,30). The number of rotatable bonds is 5. The van der Waals surface area contributed by atoms with Crippen molar-refractivity contribution < 1.29 is 13.9 Å². The molecule has 0 spiro atoms. The SMILES string of the molecule is Cc1ccc(-c2nc3ccccc3o2)cc1NC(=S)NC(=O)COc1ccccc1. The van der Waals surface area contributed by atoms with Crippen LogP contribution in [0.3, 0.4) is 0 Å². The van der Waals surface area contributed by atoms with Gasteiger partial charge in [-0.05, 0) is 61.1 Å². The van der Waals surface area contributed by atoms with Crippen molar-refractivity contribution in [2.24, 2.45) is 0 Å². The molecule has 1 amide bonds. The fourth-order valence-corrected chi connectivity index (χ4v) is 3.09. The van der Waals surface area contributed by atoms with Crippen LogP contribution in [0.1, 0.15) is 5.56 Å². The monoisotopic (exact) mass is 417 g/mol. The Kier molecular flexibility index (Phi) is 5.72. The van der Waals surface area contributed by atoms with Gasteiger partial charge in [0.1, 0.15) is 11.3 Å². The molecule has 4 aromatic rings. The number of aryl methyl sites for hydroxylation is 1. The Labute approximate surface area is 178 Å². The molecule has 0 saturated heterocycles. The van der Waals surface area contributed by atoms with E-state index < -0.39 is 0 Å². The van der Waals surface area contributed by atoms with Gasteiger partial charge < -0.3 is 14.5 Å². The van der Waals surface area contributed by atoms with Crippen LogP contribution < -0.4 is 15.4 Å². The summed E-state index contributed by atoms with van der Waals surface area (Å²) in [7, 11) is 0. The van der Waals surface area contributed by atoms with E-state index in [1.807, 2.05) is 67.6 Å². The minimum Gasteiger partial charge on any atom is -0.484 e. The van der Waals surface area contributed by atoms with Gasteiger partial charge in [0, 0.05) is 11.3 Å². The molecular weight excluding hydrogens is 398 g/mol. The number of anilines is 1. The number of ether oxygens (including phenoxy) is 1. The minimum absolute atomic E-state index is 0.131. The average molecular weight is 417 g/mol. The first kappa shape index (κ1) is 19.6. The van der Waals surface area contributed by atoms with Crippen LogP contribution in [0.4, 0.5) is 5.69 Å². The lowest BCUT2D eigenvalue weighted by atomic mass is 10.1. The number of fused-ring (bicyclic) bond motifs is 1. The number of hydrogen-bond donors (Lipinski definition) is 2. The summed E-state index contributed by atoms with van der Waals surface area (Å²) in [6.45, 7) is 1.81. The maximum atomic E-state index is 12.1. The number of hydrogen-bond acceptors (Lipinski definition) is 5. The fourth-order valence-electron chi connectivity index (χ4n) is 2.87. The molecule has 0 fully saturated rings. The second kappa shape index (κ2) is 8.75. The molecule has 0 unspecified atom stereocenters. The molecule has 1 aromatic heterocycles. The van der Waals surface area contributed by atoms with Crippen molar-refractivity contribution in [2.45, 2.75) is 6.92 Å². The number of oxazole rings is 1. The van der Waals surface area contributed by atoms with Crippen LogP contribution in [0.2, 0.25) is 0 Å². The molecule has 3 aromatic carbocycles. The second-order valence-electron chi connectivity index (χ2n) is 6.62. The third-order valence-electron chi connectivity index (χ3n) is 4.39. The van der Waals surface area contributed by atoms with Gasteiger partial charge in [0.05, 0.1) is 0 Å². The van der Waals surface area contributed by atoms with Gasteiger partial charge in [-0.15, -0.1) is 0 Å². The maximum absolute atomic E-state index is 12.1. The minimum atomic E-state index is -0.343. The number of carbonyl (C=O) groups excluding carboxylic acids is 1. The Balaban J connectivity index is 1.41. The van der Waals surface area contributed by atoms with Gasteiger partial charge in [0.15, 0.2) is 17.3 Å². The molecule has 150 valence electrons. The van der Waals surface area contributed by atoms with Crippen molar-refractivity contribution in [1.82, 2.24) is 10.3 Å². The molecular formula is C23H19N3O3S. The molecule has 0 aliphatic heterocycles. The maximum Gasteiger partial charge on any atom is 0.264 e.